The highest BCUT2D eigenvalue weighted by Crippen LogP contribution is 2.28. The van der Waals surface area contributed by atoms with Gasteiger partial charge in [-0.15, -0.1) is 0 Å². The Morgan fingerprint density at radius 2 is 1.53 bits per heavy atom. The van der Waals surface area contributed by atoms with Crippen molar-refractivity contribution in [1.29, 1.82) is 0 Å². The van der Waals surface area contributed by atoms with Crippen molar-refractivity contribution < 1.29 is 5.11 Å². The van der Waals surface area contributed by atoms with Gasteiger partial charge in [0.05, 0.1) is 0 Å². The number of benzene rings is 1. The first-order valence-corrected chi connectivity index (χ1v) is 6.62. The van der Waals surface area contributed by atoms with Crippen LogP contribution in [0.2, 0.25) is 0 Å². The van der Waals surface area contributed by atoms with Crippen LogP contribution in [-0.2, 0) is 12.8 Å². The van der Waals surface area contributed by atoms with E-state index in [1.54, 1.807) is 6.08 Å². The van der Waals surface area contributed by atoms with Gasteiger partial charge in [0.15, 0.2) is 0 Å². The van der Waals surface area contributed by atoms with Crippen molar-refractivity contribution in [2.45, 2.75) is 52.4 Å². The number of phenols is 1. The normalized spacial score (nSPS) is 10.5. The van der Waals surface area contributed by atoms with Crippen molar-refractivity contribution in [2.75, 3.05) is 0 Å². The van der Waals surface area contributed by atoms with Gasteiger partial charge in [0.2, 0.25) is 0 Å². The number of hydrogen-bond acceptors (Lipinski definition) is 1. The van der Waals surface area contributed by atoms with Crippen molar-refractivity contribution in [3.05, 3.63) is 35.4 Å². The Morgan fingerprint density at radius 1 is 1.06 bits per heavy atom. The van der Waals surface area contributed by atoms with Crippen LogP contribution in [0.25, 0.3) is 6.08 Å². The van der Waals surface area contributed by atoms with Gasteiger partial charge < -0.3 is 5.11 Å². The molecule has 0 saturated carbocycles. The molecule has 0 spiro atoms. The van der Waals surface area contributed by atoms with Gasteiger partial charge in [-0.25, -0.2) is 0 Å². The first-order valence-electron chi connectivity index (χ1n) is 6.62. The van der Waals surface area contributed by atoms with Crippen LogP contribution < -0.4 is 0 Å². The number of rotatable bonds is 7. The zero-order valence-corrected chi connectivity index (χ0v) is 11.0. The van der Waals surface area contributed by atoms with E-state index < -0.39 is 0 Å². The summed E-state index contributed by atoms with van der Waals surface area (Å²) in [6.07, 6.45) is 7.97. The molecule has 1 N–H and O–H groups in total. The first kappa shape index (κ1) is 13.8. The average Bonchev–Trinajstić information content (AvgIpc) is 2.36. The fourth-order valence-corrected chi connectivity index (χ4v) is 2.00. The van der Waals surface area contributed by atoms with Crippen molar-refractivity contribution in [3.63, 3.8) is 0 Å². The van der Waals surface area contributed by atoms with Crippen LogP contribution in [-0.4, -0.2) is 5.11 Å². The maximum absolute atomic E-state index is 10.2. The third kappa shape index (κ3) is 3.92. The predicted molar refractivity (Wildman–Crippen MR) is 74.1 cm³/mol. The molecule has 0 atom stereocenters. The van der Waals surface area contributed by atoms with Crippen LogP contribution in [0.5, 0.6) is 5.75 Å². The third-order valence-electron chi connectivity index (χ3n) is 3.08. The molecule has 0 aliphatic heterocycles. The lowest BCUT2D eigenvalue weighted by Gasteiger charge is -2.11. The van der Waals surface area contributed by atoms with Crippen molar-refractivity contribution >= 4 is 6.08 Å². The Morgan fingerprint density at radius 3 is 1.88 bits per heavy atom. The number of unbranched alkanes of at least 4 members (excludes halogenated alkanes) is 2. The summed E-state index contributed by atoms with van der Waals surface area (Å²) in [5.74, 6) is 0.484. The molecule has 0 saturated heterocycles. The molecule has 1 nitrogen and oxygen atoms in total. The summed E-state index contributed by atoms with van der Waals surface area (Å²) in [6.45, 7) is 9.91. The van der Waals surface area contributed by atoms with Gasteiger partial charge in [0.25, 0.3) is 0 Å². The number of phenolic OH excluding ortho intramolecular Hbond substituents is 1. The lowest BCUT2D eigenvalue weighted by molar-refractivity contribution is 0.458. The summed E-state index contributed by atoms with van der Waals surface area (Å²) in [5, 5.41) is 10.2. The van der Waals surface area contributed by atoms with E-state index in [1.807, 2.05) is 12.1 Å². The monoisotopic (exact) mass is 231 g/mol. The summed E-state index contributed by atoms with van der Waals surface area (Å²) in [6, 6.07) is 4.00. The fourth-order valence-electron chi connectivity index (χ4n) is 2.00. The van der Waals surface area contributed by atoms with Crippen LogP contribution in [0.3, 0.4) is 0 Å². The third-order valence-corrected chi connectivity index (χ3v) is 3.08. The van der Waals surface area contributed by atoms with Crippen LogP contribution in [0.4, 0.5) is 0 Å². The van der Waals surface area contributed by atoms with Crippen molar-refractivity contribution in [1.82, 2.24) is 0 Å². The van der Waals surface area contributed by atoms with E-state index >= 15 is 0 Å². The van der Waals surface area contributed by atoms with E-state index in [0.717, 1.165) is 55.2 Å². The van der Waals surface area contributed by atoms with E-state index in [9.17, 15) is 5.11 Å². The molecule has 0 aliphatic carbocycles. The summed E-state index contributed by atoms with van der Waals surface area (Å²) in [4.78, 5) is 0. The Labute approximate surface area is 105 Å². The molecule has 0 heterocycles. The van der Waals surface area contributed by atoms with E-state index in [2.05, 4.69) is 13.8 Å². The highest BCUT2D eigenvalue weighted by atomic mass is 16.3. The van der Waals surface area contributed by atoms with E-state index in [4.69, 9.17) is 6.58 Å². The van der Waals surface area contributed by atoms with Crippen LogP contribution in [0.15, 0.2) is 12.1 Å². The minimum atomic E-state index is 0.484. The summed E-state index contributed by atoms with van der Waals surface area (Å²) in [5.41, 5.74) is 3.09. The van der Waals surface area contributed by atoms with Crippen LogP contribution >= 0.6 is 0 Å². The zero-order valence-electron chi connectivity index (χ0n) is 11.0. The Balaban J connectivity index is 2.98. The predicted octanol–water partition coefficient (Wildman–Crippen LogP) is 4.52. The smallest absolute Gasteiger partial charge is 0.121 e. The number of aryl methyl sites for hydroxylation is 2. The van der Waals surface area contributed by atoms with Crippen molar-refractivity contribution in [3.8, 4) is 5.75 Å². The molecule has 93 valence electrons. The molecule has 0 aliphatic rings. The summed E-state index contributed by atoms with van der Waals surface area (Å²) in [7, 11) is 0. The quantitative estimate of drug-likeness (QED) is 0.731. The largest absolute Gasteiger partial charge is 0.507 e. The Kier molecular flexibility index (Phi) is 5.82. The maximum atomic E-state index is 10.2. The van der Waals surface area contributed by atoms with Gasteiger partial charge in [-0.05, 0) is 54.5 Å². The molecule has 0 unspecified atom stereocenters. The van der Waals surface area contributed by atoms with E-state index in [1.165, 1.54) is 0 Å². The fraction of sp³-hybridized carbons (Fsp3) is 0.500. The van der Waals surface area contributed by atoms with Crippen LogP contribution in [0.1, 0.15) is 56.2 Å². The topological polar surface area (TPSA) is 20.2 Å². The van der Waals surface area contributed by atoms with Crippen molar-refractivity contribution in [2.24, 2.45) is 0 Å². The molecule has 1 heteroatoms. The lowest BCUT2D eigenvalue weighted by Crippen LogP contribution is -1.94. The standard InChI is InChI=1S/C16H23O/c1-4-7-9-14-11-13(6-3)12-15(16(14)17)10-8-5-2/h3,6,11-12,17H,4-5,7-10H2,1-2H3. The molecule has 0 bridgehead atoms. The summed E-state index contributed by atoms with van der Waals surface area (Å²) >= 11 is 0. The number of aromatic hydroxyl groups is 1. The average molecular weight is 231 g/mol. The van der Waals surface area contributed by atoms with Crippen LogP contribution in [0, 0.1) is 6.58 Å². The SMILES string of the molecule is [CH]=Cc1cc(CCCC)c(O)c(CCCC)c1. The van der Waals surface area contributed by atoms with E-state index in [-0.39, 0.29) is 0 Å². The Bertz CT molecular complexity index is 337. The molecule has 1 aromatic carbocycles. The second-order valence-corrected chi connectivity index (χ2v) is 4.56. The number of hydrogen-bond donors (Lipinski definition) is 1. The molecule has 1 aromatic rings. The van der Waals surface area contributed by atoms with Gasteiger partial charge in [0.1, 0.15) is 5.75 Å². The van der Waals surface area contributed by atoms with Gasteiger partial charge in [0, 0.05) is 0 Å². The summed E-state index contributed by atoms with van der Waals surface area (Å²) < 4.78 is 0. The molecular formula is C16H23O. The molecule has 1 radical (unpaired) electrons. The second kappa shape index (κ2) is 7.16. The molecule has 0 amide bonds. The second-order valence-electron chi connectivity index (χ2n) is 4.56. The van der Waals surface area contributed by atoms with Gasteiger partial charge in [-0.3, -0.25) is 0 Å². The molecular weight excluding hydrogens is 208 g/mol. The lowest BCUT2D eigenvalue weighted by atomic mass is 9.97. The highest BCUT2D eigenvalue weighted by molar-refractivity contribution is 5.54. The molecule has 1 rings (SSSR count). The van der Waals surface area contributed by atoms with Gasteiger partial charge in [-0.1, -0.05) is 39.3 Å². The van der Waals surface area contributed by atoms with Gasteiger partial charge in [-0.2, -0.15) is 0 Å². The molecule has 17 heavy (non-hydrogen) atoms. The minimum absolute atomic E-state index is 0.484. The first-order chi connectivity index (χ1) is 8.22. The van der Waals surface area contributed by atoms with Gasteiger partial charge >= 0.3 is 0 Å². The minimum Gasteiger partial charge on any atom is -0.507 e. The molecule has 0 fully saturated rings. The highest BCUT2D eigenvalue weighted by Gasteiger charge is 2.08. The zero-order chi connectivity index (χ0) is 12.7. The Hall–Kier alpha value is -1.24. The maximum Gasteiger partial charge on any atom is 0.121 e. The molecule has 0 aromatic heterocycles. The van der Waals surface area contributed by atoms with E-state index in [0.29, 0.717) is 5.75 Å².